The van der Waals surface area contributed by atoms with Crippen molar-refractivity contribution in [3.63, 3.8) is 0 Å². The van der Waals surface area contributed by atoms with Crippen molar-refractivity contribution in [2.45, 2.75) is 25.9 Å². The van der Waals surface area contributed by atoms with Gasteiger partial charge in [0, 0.05) is 12.1 Å². The molecule has 0 aliphatic rings. The number of amides is 1. The van der Waals surface area contributed by atoms with Crippen molar-refractivity contribution in [3.05, 3.63) is 84.4 Å². The van der Waals surface area contributed by atoms with Crippen LogP contribution in [0, 0.1) is 11.6 Å². The van der Waals surface area contributed by atoms with Gasteiger partial charge in [0.15, 0.2) is 17.8 Å². The van der Waals surface area contributed by atoms with E-state index in [0.717, 1.165) is 22.9 Å². The van der Waals surface area contributed by atoms with Crippen molar-refractivity contribution in [1.82, 2.24) is 4.98 Å². The van der Waals surface area contributed by atoms with Gasteiger partial charge in [-0.3, -0.25) is 9.59 Å². The van der Waals surface area contributed by atoms with E-state index in [-0.39, 0.29) is 30.1 Å². The first-order valence-electron chi connectivity index (χ1n) is 10.3. The van der Waals surface area contributed by atoms with E-state index in [1.165, 1.54) is 19.2 Å². The second-order valence-corrected chi connectivity index (χ2v) is 7.40. The predicted molar refractivity (Wildman–Crippen MR) is 118 cm³/mol. The van der Waals surface area contributed by atoms with Crippen LogP contribution in [0.25, 0.3) is 22.1 Å². The van der Waals surface area contributed by atoms with Crippen LogP contribution in [0.3, 0.4) is 0 Å². The Kier molecular flexibility index (Phi) is 6.44. The van der Waals surface area contributed by atoms with Crippen LogP contribution in [0.1, 0.15) is 19.2 Å². The van der Waals surface area contributed by atoms with Gasteiger partial charge in [0.05, 0.1) is 18.2 Å². The fraction of sp³-hybridized carbons (Fsp3) is 0.160. The van der Waals surface area contributed by atoms with E-state index >= 15 is 0 Å². The van der Waals surface area contributed by atoms with Gasteiger partial charge in [-0.2, -0.15) is 0 Å². The number of rotatable bonds is 7. The number of fused-ring (bicyclic) bond motifs is 1. The molecular weight excluding hydrogens is 430 g/mol. The molecule has 1 unspecified atom stereocenters. The highest BCUT2D eigenvalue weighted by Gasteiger charge is 2.20. The van der Waals surface area contributed by atoms with Crippen LogP contribution < -0.4 is 5.32 Å². The standard InChI is InChI=1S/C25H20F2N2O4/c1-15(25(31)29-18-10-9-16-5-2-3-6-17(16)13-18)32-23(30)12-11-22-28-14-21(33-22)24-19(26)7-4-8-20(24)27/h2-10,13-15H,11-12H2,1H3,(H,29,31). The summed E-state index contributed by atoms with van der Waals surface area (Å²) < 4.78 is 38.3. The lowest BCUT2D eigenvalue weighted by Gasteiger charge is -2.13. The third-order valence-corrected chi connectivity index (χ3v) is 5.00. The highest BCUT2D eigenvalue weighted by atomic mass is 19.1. The number of carbonyl (C=O) groups excluding carboxylic acids is 2. The molecule has 0 bridgehead atoms. The molecule has 33 heavy (non-hydrogen) atoms. The summed E-state index contributed by atoms with van der Waals surface area (Å²) in [5, 5.41) is 4.74. The zero-order valence-electron chi connectivity index (χ0n) is 17.7. The fourth-order valence-corrected chi connectivity index (χ4v) is 3.30. The Balaban J connectivity index is 1.30. The second-order valence-electron chi connectivity index (χ2n) is 7.40. The molecule has 0 spiro atoms. The van der Waals surface area contributed by atoms with Crippen molar-refractivity contribution in [2.75, 3.05) is 5.32 Å². The van der Waals surface area contributed by atoms with Crippen molar-refractivity contribution in [1.29, 1.82) is 0 Å². The van der Waals surface area contributed by atoms with Gasteiger partial charge in [0.1, 0.15) is 11.6 Å². The molecule has 0 saturated carbocycles. The summed E-state index contributed by atoms with van der Waals surface area (Å²) in [6, 6.07) is 16.7. The SMILES string of the molecule is CC(OC(=O)CCc1ncc(-c2c(F)cccc2F)o1)C(=O)Nc1ccc2ccccc2c1. The van der Waals surface area contributed by atoms with Crippen molar-refractivity contribution >= 4 is 28.3 Å². The third kappa shape index (κ3) is 5.23. The first-order valence-corrected chi connectivity index (χ1v) is 10.3. The lowest BCUT2D eigenvalue weighted by atomic mass is 10.1. The smallest absolute Gasteiger partial charge is 0.307 e. The Morgan fingerprint density at radius 1 is 1.03 bits per heavy atom. The lowest BCUT2D eigenvalue weighted by molar-refractivity contribution is -0.153. The highest BCUT2D eigenvalue weighted by molar-refractivity contribution is 5.97. The minimum atomic E-state index is -1.02. The van der Waals surface area contributed by atoms with E-state index in [1.807, 2.05) is 36.4 Å². The summed E-state index contributed by atoms with van der Waals surface area (Å²) in [5.74, 6) is -2.60. The van der Waals surface area contributed by atoms with Crippen LogP contribution in [0.5, 0.6) is 0 Å². The molecule has 3 aromatic carbocycles. The molecule has 1 amide bonds. The van der Waals surface area contributed by atoms with E-state index in [9.17, 15) is 18.4 Å². The second kappa shape index (κ2) is 9.60. The quantitative estimate of drug-likeness (QED) is 0.388. The largest absolute Gasteiger partial charge is 0.453 e. The van der Waals surface area contributed by atoms with Crippen molar-refractivity contribution in [2.24, 2.45) is 0 Å². The first kappa shape index (κ1) is 22.1. The third-order valence-electron chi connectivity index (χ3n) is 5.00. The van der Waals surface area contributed by atoms with Crippen LogP contribution in [0.4, 0.5) is 14.5 Å². The van der Waals surface area contributed by atoms with Gasteiger partial charge >= 0.3 is 5.97 Å². The maximum atomic E-state index is 13.9. The number of nitrogens with one attached hydrogen (secondary N) is 1. The Bertz CT molecular complexity index is 1300. The first-order chi connectivity index (χ1) is 15.9. The zero-order chi connectivity index (χ0) is 23.4. The van der Waals surface area contributed by atoms with E-state index in [4.69, 9.17) is 9.15 Å². The van der Waals surface area contributed by atoms with Crippen molar-refractivity contribution in [3.8, 4) is 11.3 Å². The summed E-state index contributed by atoms with van der Waals surface area (Å²) in [6.45, 7) is 1.47. The fourth-order valence-electron chi connectivity index (χ4n) is 3.30. The molecule has 0 fully saturated rings. The number of hydrogen-bond donors (Lipinski definition) is 1. The summed E-state index contributed by atoms with van der Waals surface area (Å²) in [5.41, 5.74) is 0.270. The van der Waals surface area contributed by atoms with E-state index in [2.05, 4.69) is 10.3 Å². The van der Waals surface area contributed by atoms with Crippen LogP contribution >= 0.6 is 0 Å². The topological polar surface area (TPSA) is 81.4 Å². The van der Waals surface area contributed by atoms with E-state index in [0.29, 0.717) is 5.69 Å². The van der Waals surface area contributed by atoms with Gasteiger partial charge in [0.25, 0.3) is 5.91 Å². The zero-order valence-corrected chi connectivity index (χ0v) is 17.7. The molecular formula is C25H20F2N2O4. The number of ether oxygens (including phenoxy) is 1. The molecule has 4 rings (SSSR count). The van der Waals surface area contributed by atoms with Gasteiger partial charge < -0.3 is 14.5 Å². The molecule has 1 heterocycles. The Labute approximate surface area is 188 Å². The van der Waals surface area contributed by atoms with Gasteiger partial charge in [-0.25, -0.2) is 13.8 Å². The number of carbonyl (C=O) groups is 2. The normalized spacial score (nSPS) is 11.8. The highest BCUT2D eigenvalue weighted by Crippen LogP contribution is 2.27. The number of esters is 1. The number of nitrogens with zero attached hydrogens (tertiary/aromatic N) is 1. The maximum Gasteiger partial charge on any atom is 0.307 e. The number of aromatic nitrogens is 1. The molecule has 0 radical (unpaired) electrons. The minimum absolute atomic E-state index is 0.0495. The average molecular weight is 450 g/mol. The van der Waals surface area contributed by atoms with Crippen LogP contribution in [0.2, 0.25) is 0 Å². The number of benzene rings is 3. The number of hydrogen-bond acceptors (Lipinski definition) is 5. The molecule has 1 atom stereocenters. The molecule has 0 aliphatic carbocycles. The number of anilines is 1. The van der Waals surface area contributed by atoms with Crippen LogP contribution in [0.15, 0.2) is 71.3 Å². The van der Waals surface area contributed by atoms with Gasteiger partial charge in [0.2, 0.25) is 0 Å². The van der Waals surface area contributed by atoms with Gasteiger partial charge in [-0.15, -0.1) is 0 Å². The summed E-state index contributed by atoms with van der Waals surface area (Å²) in [7, 11) is 0. The maximum absolute atomic E-state index is 13.9. The van der Waals surface area contributed by atoms with Crippen LogP contribution in [-0.4, -0.2) is 23.0 Å². The van der Waals surface area contributed by atoms with Gasteiger partial charge in [-0.1, -0.05) is 36.4 Å². The number of halogens is 2. The molecule has 168 valence electrons. The molecule has 1 aromatic heterocycles. The molecule has 1 N–H and O–H groups in total. The monoisotopic (exact) mass is 450 g/mol. The summed E-state index contributed by atoms with van der Waals surface area (Å²) in [4.78, 5) is 28.5. The molecule has 6 nitrogen and oxygen atoms in total. The number of aryl methyl sites for hydroxylation is 1. The summed E-state index contributed by atoms with van der Waals surface area (Å²) in [6.07, 6.45) is 0.111. The Morgan fingerprint density at radius 3 is 2.52 bits per heavy atom. The molecule has 0 saturated heterocycles. The molecule has 8 heteroatoms. The molecule has 0 aliphatic heterocycles. The predicted octanol–water partition coefficient (Wildman–Crippen LogP) is 5.28. The Morgan fingerprint density at radius 2 is 1.76 bits per heavy atom. The van der Waals surface area contributed by atoms with Crippen molar-refractivity contribution < 1.29 is 27.5 Å². The van der Waals surface area contributed by atoms with Gasteiger partial charge in [-0.05, 0) is 42.0 Å². The summed E-state index contributed by atoms with van der Waals surface area (Å²) >= 11 is 0. The van der Waals surface area contributed by atoms with Crippen LogP contribution in [-0.2, 0) is 20.7 Å². The molecule has 4 aromatic rings. The number of oxazole rings is 1. The minimum Gasteiger partial charge on any atom is -0.453 e. The average Bonchev–Trinajstić information content (AvgIpc) is 3.26. The van der Waals surface area contributed by atoms with E-state index < -0.39 is 29.6 Å². The lowest BCUT2D eigenvalue weighted by Crippen LogP contribution is -2.30. The Hall–Kier alpha value is -4.07. The van der Waals surface area contributed by atoms with E-state index in [1.54, 1.807) is 6.07 Å².